The number of aryl methyl sites for hydroxylation is 1. The zero-order chi connectivity index (χ0) is 13.1. The Kier molecular flexibility index (Phi) is 3.48. The molecule has 1 aromatic heterocycles. The van der Waals surface area contributed by atoms with Gasteiger partial charge in [-0.05, 0) is 36.8 Å². The highest BCUT2D eigenvalue weighted by Gasteiger charge is 2.06. The molecule has 0 aliphatic heterocycles. The number of carboxylic acid groups (broad SMARTS) is 1. The van der Waals surface area contributed by atoms with E-state index in [9.17, 15) is 4.79 Å². The Morgan fingerprint density at radius 2 is 2.11 bits per heavy atom. The van der Waals surface area contributed by atoms with Crippen molar-refractivity contribution in [1.29, 1.82) is 0 Å². The van der Waals surface area contributed by atoms with E-state index in [1.165, 1.54) is 6.07 Å². The van der Waals surface area contributed by atoms with Gasteiger partial charge in [-0.3, -0.25) is 0 Å². The molecule has 1 aromatic carbocycles. The van der Waals surface area contributed by atoms with Crippen molar-refractivity contribution in [2.45, 2.75) is 6.92 Å². The summed E-state index contributed by atoms with van der Waals surface area (Å²) in [6.07, 6.45) is 0. The van der Waals surface area contributed by atoms with Gasteiger partial charge in [-0.1, -0.05) is 23.7 Å². The first-order valence-electron chi connectivity index (χ1n) is 5.30. The van der Waals surface area contributed by atoms with Crippen LogP contribution in [0.2, 0.25) is 5.02 Å². The van der Waals surface area contributed by atoms with Crippen LogP contribution in [-0.2, 0) is 0 Å². The molecule has 0 unspecified atom stereocenters. The predicted molar refractivity (Wildman–Crippen MR) is 70.7 cm³/mol. The quantitative estimate of drug-likeness (QED) is 0.889. The molecule has 1 heterocycles. The molecule has 0 aliphatic carbocycles. The Labute approximate surface area is 109 Å². The van der Waals surface area contributed by atoms with Gasteiger partial charge in [-0.15, -0.1) is 0 Å². The summed E-state index contributed by atoms with van der Waals surface area (Å²) >= 11 is 6.04. The van der Waals surface area contributed by atoms with Crippen molar-refractivity contribution in [2.75, 3.05) is 5.32 Å². The van der Waals surface area contributed by atoms with Gasteiger partial charge in [0.15, 0.2) is 5.69 Å². The molecule has 0 spiro atoms. The third-order valence-corrected chi connectivity index (χ3v) is 2.68. The van der Waals surface area contributed by atoms with Gasteiger partial charge >= 0.3 is 5.97 Å². The fourth-order valence-corrected chi connectivity index (χ4v) is 1.66. The fourth-order valence-electron chi connectivity index (χ4n) is 1.50. The van der Waals surface area contributed by atoms with Crippen LogP contribution >= 0.6 is 11.6 Å². The minimum atomic E-state index is -1.06. The van der Waals surface area contributed by atoms with Crippen LogP contribution in [0.25, 0.3) is 0 Å². The van der Waals surface area contributed by atoms with Crippen molar-refractivity contribution in [1.82, 2.24) is 4.98 Å². The summed E-state index contributed by atoms with van der Waals surface area (Å²) in [5.41, 5.74) is 1.74. The lowest BCUT2D eigenvalue weighted by Crippen LogP contribution is -2.02. The second-order valence-corrected chi connectivity index (χ2v) is 4.23. The molecule has 2 aromatic rings. The third-order valence-electron chi connectivity index (χ3n) is 2.35. The molecular formula is C13H11ClN2O2. The first-order valence-corrected chi connectivity index (χ1v) is 5.67. The third kappa shape index (κ3) is 2.78. The second-order valence-electron chi connectivity index (χ2n) is 3.82. The normalized spacial score (nSPS) is 10.1. The monoisotopic (exact) mass is 262 g/mol. The van der Waals surface area contributed by atoms with E-state index < -0.39 is 5.97 Å². The van der Waals surface area contributed by atoms with Gasteiger partial charge in [0.05, 0.1) is 10.7 Å². The highest BCUT2D eigenvalue weighted by atomic mass is 35.5. The number of halogens is 1. The highest BCUT2D eigenvalue weighted by molar-refractivity contribution is 6.33. The molecule has 5 heteroatoms. The number of aromatic carboxylic acids is 1. The number of carbonyl (C=O) groups is 1. The number of carboxylic acids is 1. The summed E-state index contributed by atoms with van der Waals surface area (Å²) in [5.74, 6) is -0.614. The average molecular weight is 263 g/mol. The lowest BCUT2D eigenvalue weighted by molar-refractivity contribution is 0.0690. The van der Waals surface area contributed by atoms with Gasteiger partial charge in [0.2, 0.25) is 0 Å². The van der Waals surface area contributed by atoms with Crippen LogP contribution in [-0.4, -0.2) is 16.1 Å². The van der Waals surface area contributed by atoms with Gasteiger partial charge in [-0.2, -0.15) is 0 Å². The summed E-state index contributed by atoms with van der Waals surface area (Å²) in [6, 6.07) is 10.3. The molecule has 4 nitrogen and oxygen atoms in total. The number of hydrogen-bond acceptors (Lipinski definition) is 3. The topological polar surface area (TPSA) is 62.2 Å². The van der Waals surface area contributed by atoms with Crippen LogP contribution < -0.4 is 5.32 Å². The highest BCUT2D eigenvalue weighted by Crippen LogP contribution is 2.25. The maximum atomic E-state index is 10.8. The molecular weight excluding hydrogens is 252 g/mol. The number of nitrogens with one attached hydrogen (secondary N) is 1. The zero-order valence-electron chi connectivity index (χ0n) is 9.64. The van der Waals surface area contributed by atoms with Crippen molar-refractivity contribution < 1.29 is 9.90 Å². The number of anilines is 2. The standard InChI is InChI=1S/C13H11ClN2O2/c1-8-5-6-9(14)11(7-8)16-12-4-2-3-10(15-12)13(17)18/h2-7H,1H3,(H,15,16)(H,17,18). The Hall–Kier alpha value is -2.07. The number of pyridine rings is 1. The molecule has 0 amide bonds. The number of rotatable bonds is 3. The molecule has 0 aliphatic rings. The van der Waals surface area contributed by atoms with Crippen LogP contribution in [0.1, 0.15) is 16.1 Å². The van der Waals surface area contributed by atoms with Crippen LogP contribution in [0.5, 0.6) is 0 Å². The number of hydrogen-bond donors (Lipinski definition) is 2. The molecule has 2 rings (SSSR count). The summed E-state index contributed by atoms with van der Waals surface area (Å²) in [7, 11) is 0. The number of benzene rings is 1. The Balaban J connectivity index is 2.31. The van der Waals surface area contributed by atoms with Crippen LogP contribution in [0.3, 0.4) is 0 Å². The molecule has 0 atom stereocenters. The first-order chi connectivity index (χ1) is 8.56. The fraction of sp³-hybridized carbons (Fsp3) is 0.0769. The van der Waals surface area contributed by atoms with E-state index in [2.05, 4.69) is 10.3 Å². The Morgan fingerprint density at radius 1 is 1.33 bits per heavy atom. The molecule has 2 N–H and O–H groups in total. The largest absolute Gasteiger partial charge is 0.477 e. The zero-order valence-corrected chi connectivity index (χ0v) is 10.4. The van der Waals surface area contributed by atoms with Crippen molar-refractivity contribution in [2.24, 2.45) is 0 Å². The smallest absolute Gasteiger partial charge is 0.354 e. The minimum absolute atomic E-state index is 0.0104. The average Bonchev–Trinajstić information content (AvgIpc) is 2.34. The molecule has 0 radical (unpaired) electrons. The van der Waals surface area contributed by atoms with Crippen molar-refractivity contribution in [3.63, 3.8) is 0 Å². The summed E-state index contributed by atoms with van der Waals surface area (Å²) in [4.78, 5) is 14.8. The van der Waals surface area contributed by atoms with E-state index >= 15 is 0 Å². The van der Waals surface area contributed by atoms with Crippen molar-refractivity contribution >= 4 is 29.1 Å². The molecule has 0 bridgehead atoms. The van der Waals surface area contributed by atoms with Gasteiger partial charge in [0.25, 0.3) is 0 Å². The predicted octanol–water partition coefficient (Wildman–Crippen LogP) is 3.49. The first kappa shape index (κ1) is 12.4. The lowest BCUT2D eigenvalue weighted by atomic mass is 10.2. The van der Waals surface area contributed by atoms with Crippen LogP contribution in [0.4, 0.5) is 11.5 Å². The Morgan fingerprint density at radius 3 is 2.83 bits per heavy atom. The van der Waals surface area contributed by atoms with Gasteiger partial charge in [-0.25, -0.2) is 9.78 Å². The van der Waals surface area contributed by atoms with E-state index in [0.717, 1.165) is 5.56 Å². The van der Waals surface area contributed by atoms with Crippen molar-refractivity contribution in [3.8, 4) is 0 Å². The van der Waals surface area contributed by atoms with Crippen molar-refractivity contribution in [3.05, 3.63) is 52.7 Å². The Bertz CT molecular complexity index is 599. The van der Waals surface area contributed by atoms with E-state index in [0.29, 0.717) is 16.5 Å². The second kappa shape index (κ2) is 5.06. The summed E-state index contributed by atoms with van der Waals surface area (Å²) in [5, 5.41) is 12.4. The lowest BCUT2D eigenvalue weighted by Gasteiger charge is -2.08. The molecule has 0 saturated carbocycles. The van der Waals surface area contributed by atoms with Crippen LogP contribution in [0, 0.1) is 6.92 Å². The minimum Gasteiger partial charge on any atom is -0.477 e. The van der Waals surface area contributed by atoms with Gasteiger partial charge in [0.1, 0.15) is 5.82 Å². The molecule has 0 fully saturated rings. The SMILES string of the molecule is Cc1ccc(Cl)c(Nc2cccc(C(=O)O)n2)c1. The molecule has 18 heavy (non-hydrogen) atoms. The maximum Gasteiger partial charge on any atom is 0.354 e. The summed E-state index contributed by atoms with van der Waals surface area (Å²) < 4.78 is 0. The van der Waals surface area contributed by atoms with Gasteiger partial charge in [0, 0.05) is 0 Å². The molecule has 92 valence electrons. The van der Waals surface area contributed by atoms with E-state index in [1.54, 1.807) is 18.2 Å². The van der Waals surface area contributed by atoms with E-state index in [-0.39, 0.29) is 5.69 Å². The van der Waals surface area contributed by atoms with Crippen LogP contribution in [0.15, 0.2) is 36.4 Å². The van der Waals surface area contributed by atoms with E-state index in [1.807, 2.05) is 19.1 Å². The molecule has 0 saturated heterocycles. The maximum absolute atomic E-state index is 10.8. The number of nitrogens with zero attached hydrogens (tertiary/aromatic N) is 1. The van der Waals surface area contributed by atoms with Gasteiger partial charge < -0.3 is 10.4 Å². The summed E-state index contributed by atoms with van der Waals surface area (Å²) in [6.45, 7) is 1.95. The number of aromatic nitrogens is 1. The van der Waals surface area contributed by atoms with E-state index in [4.69, 9.17) is 16.7 Å².